The van der Waals surface area contributed by atoms with Crippen LogP contribution in [0.25, 0.3) is 6.08 Å². The number of nitrogens with zero attached hydrogens (tertiary/aromatic N) is 6. The van der Waals surface area contributed by atoms with Gasteiger partial charge in [0.15, 0.2) is 0 Å². The van der Waals surface area contributed by atoms with Gasteiger partial charge in [0.05, 0.1) is 6.07 Å². The molecule has 0 amide bonds. The van der Waals surface area contributed by atoms with Crippen molar-refractivity contribution in [2.45, 2.75) is 12.8 Å². The highest BCUT2D eigenvalue weighted by Gasteiger charge is 2.18. The molecule has 2 aliphatic heterocycles. The Morgan fingerprint density at radius 1 is 1.00 bits per heavy atom. The lowest BCUT2D eigenvalue weighted by atomic mass is 10.2. The lowest BCUT2D eigenvalue weighted by Gasteiger charge is -2.34. The van der Waals surface area contributed by atoms with E-state index in [1.165, 1.54) is 24.6 Å². The van der Waals surface area contributed by atoms with E-state index in [1.54, 1.807) is 12.3 Å². The summed E-state index contributed by atoms with van der Waals surface area (Å²) in [5, 5.41) is 12.2. The molecule has 2 saturated heterocycles. The van der Waals surface area contributed by atoms with Gasteiger partial charge in [0, 0.05) is 68.5 Å². The van der Waals surface area contributed by atoms with Crippen LogP contribution in [0.2, 0.25) is 0 Å². The number of hydrogen-bond acceptors (Lipinski definition) is 7. The lowest BCUT2D eigenvalue weighted by molar-refractivity contribution is 0.313. The Balaban J connectivity index is 1.49. The second kappa shape index (κ2) is 8.93. The summed E-state index contributed by atoms with van der Waals surface area (Å²) in [5.74, 6) is 1.47. The molecule has 7 heteroatoms. The third kappa shape index (κ3) is 4.66. The highest BCUT2D eigenvalue weighted by molar-refractivity contribution is 5.67. The molecule has 2 aromatic rings. The minimum absolute atomic E-state index is 0.577. The summed E-state index contributed by atoms with van der Waals surface area (Å²) in [5.41, 5.74) is 3.10. The monoisotopic (exact) mass is 389 g/mol. The molecule has 0 saturated carbocycles. The number of piperazine rings is 1. The Bertz CT molecular complexity index is 886. The zero-order chi connectivity index (χ0) is 20.1. The van der Waals surface area contributed by atoms with Crippen molar-refractivity contribution in [1.29, 1.82) is 5.26 Å². The van der Waals surface area contributed by atoms with Crippen LogP contribution in [0, 0.1) is 11.3 Å². The summed E-state index contributed by atoms with van der Waals surface area (Å²) >= 11 is 0. The number of nitrogens with one attached hydrogen (secondary N) is 1. The smallest absolute Gasteiger partial charge is 0.229 e. The van der Waals surface area contributed by atoms with E-state index < -0.39 is 0 Å². The molecule has 0 aliphatic carbocycles. The van der Waals surface area contributed by atoms with Gasteiger partial charge < -0.3 is 20.0 Å². The molecular weight excluding hydrogens is 362 g/mol. The summed E-state index contributed by atoms with van der Waals surface area (Å²) in [6.07, 6.45) is 7.38. The molecule has 2 fully saturated rings. The summed E-state index contributed by atoms with van der Waals surface area (Å²) in [7, 11) is 2.17. The van der Waals surface area contributed by atoms with Gasteiger partial charge in [-0.1, -0.05) is 0 Å². The topological polar surface area (TPSA) is 71.3 Å². The Kier molecular flexibility index (Phi) is 5.92. The van der Waals surface area contributed by atoms with Crippen molar-refractivity contribution in [2.75, 3.05) is 61.4 Å². The quantitative estimate of drug-likeness (QED) is 0.788. The van der Waals surface area contributed by atoms with Crippen LogP contribution >= 0.6 is 0 Å². The van der Waals surface area contributed by atoms with E-state index in [0.29, 0.717) is 5.95 Å². The Hall–Kier alpha value is -3.11. The maximum Gasteiger partial charge on any atom is 0.229 e. The highest BCUT2D eigenvalue weighted by Crippen LogP contribution is 2.26. The molecule has 0 atom stereocenters. The summed E-state index contributed by atoms with van der Waals surface area (Å²) in [4.78, 5) is 16.2. The number of aromatic nitrogens is 2. The Morgan fingerprint density at radius 3 is 2.41 bits per heavy atom. The molecule has 7 nitrogen and oxygen atoms in total. The molecule has 3 heterocycles. The fourth-order valence-electron chi connectivity index (χ4n) is 3.82. The molecule has 1 aromatic carbocycles. The average Bonchev–Trinajstić information content (AvgIpc) is 3.29. The van der Waals surface area contributed by atoms with Crippen molar-refractivity contribution in [2.24, 2.45) is 0 Å². The van der Waals surface area contributed by atoms with Crippen LogP contribution in [-0.2, 0) is 0 Å². The zero-order valence-electron chi connectivity index (χ0n) is 16.9. The van der Waals surface area contributed by atoms with E-state index in [0.717, 1.165) is 56.3 Å². The first-order valence-corrected chi connectivity index (χ1v) is 10.2. The third-order valence-corrected chi connectivity index (χ3v) is 5.53. The van der Waals surface area contributed by atoms with Crippen molar-refractivity contribution >= 4 is 29.2 Å². The summed E-state index contributed by atoms with van der Waals surface area (Å²) in [6, 6.07) is 10.5. The number of rotatable bonds is 5. The normalized spacial score (nSPS) is 17.7. The standard InChI is InChI=1S/C22H27N7/c1-27-13-15-28(16-14-27)20-8-6-19(7-9-20)25-22-24-17-18(5-4-10-23)21(26-22)29-11-2-3-12-29/h4-9,17H,2-3,11-16H2,1H3,(H,24,25,26)/b5-4+. The van der Waals surface area contributed by atoms with Crippen LogP contribution in [0.3, 0.4) is 0 Å². The van der Waals surface area contributed by atoms with Gasteiger partial charge in [0.1, 0.15) is 5.82 Å². The predicted molar refractivity (Wildman–Crippen MR) is 118 cm³/mol. The summed E-state index contributed by atoms with van der Waals surface area (Å²) < 4.78 is 0. The number of hydrogen-bond donors (Lipinski definition) is 1. The SMILES string of the molecule is CN1CCN(c2ccc(Nc3ncc(/C=C/C#N)c(N4CCCC4)n3)cc2)CC1. The number of allylic oxidation sites excluding steroid dienone is 1. The fraction of sp³-hybridized carbons (Fsp3) is 0.409. The van der Waals surface area contributed by atoms with Gasteiger partial charge in [-0.2, -0.15) is 10.2 Å². The van der Waals surface area contributed by atoms with Crippen LogP contribution in [0.1, 0.15) is 18.4 Å². The van der Waals surface area contributed by atoms with E-state index >= 15 is 0 Å². The largest absolute Gasteiger partial charge is 0.369 e. The van der Waals surface area contributed by atoms with Crippen LogP contribution in [0.4, 0.5) is 23.1 Å². The highest BCUT2D eigenvalue weighted by atomic mass is 15.3. The third-order valence-electron chi connectivity index (χ3n) is 5.53. The van der Waals surface area contributed by atoms with Gasteiger partial charge in [0.25, 0.3) is 0 Å². The first-order valence-electron chi connectivity index (χ1n) is 10.2. The molecule has 150 valence electrons. The van der Waals surface area contributed by atoms with Crippen molar-refractivity contribution in [3.8, 4) is 6.07 Å². The molecule has 2 aliphatic rings. The first kappa shape index (κ1) is 19.2. The maximum absolute atomic E-state index is 8.85. The molecule has 1 N–H and O–H groups in total. The number of benzene rings is 1. The number of likely N-dealkylation sites (N-methyl/N-ethyl adjacent to an activating group) is 1. The lowest BCUT2D eigenvalue weighted by Crippen LogP contribution is -2.44. The van der Waals surface area contributed by atoms with Crippen LogP contribution in [0.15, 0.2) is 36.5 Å². The molecule has 0 bridgehead atoms. The van der Waals surface area contributed by atoms with Gasteiger partial charge in [-0.05, 0) is 50.2 Å². The van der Waals surface area contributed by atoms with E-state index in [-0.39, 0.29) is 0 Å². The predicted octanol–water partition coefficient (Wildman–Crippen LogP) is 3.11. The van der Waals surface area contributed by atoms with Gasteiger partial charge in [0.2, 0.25) is 5.95 Å². The van der Waals surface area contributed by atoms with Crippen molar-refractivity contribution in [1.82, 2.24) is 14.9 Å². The molecule has 4 rings (SSSR count). The van der Waals surface area contributed by atoms with E-state index in [4.69, 9.17) is 10.2 Å². The molecule has 29 heavy (non-hydrogen) atoms. The van der Waals surface area contributed by atoms with E-state index in [1.807, 2.05) is 6.07 Å². The van der Waals surface area contributed by atoms with Gasteiger partial charge in [-0.3, -0.25) is 0 Å². The zero-order valence-corrected chi connectivity index (χ0v) is 16.9. The van der Waals surface area contributed by atoms with E-state index in [9.17, 15) is 0 Å². The van der Waals surface area contributed by atoms with Crippen molar-refractivity contribution < 1.29 is 0 Å². The molecule has 0 unspecified atom stereocenters. The van der Waals surface area contributed by atoms with Crippen LogP contribution in [-0.4, -0.2) is 61.2 Å². The molecular formula is C22H27N7. The Labute approximate surface area is 172 Å². The number of nitriles is 1. The first-order chi connectivity index (χ1) is 14.2. The van der Waals surface area contributed by atoms with Gasteiger partial charge in [-0.25, -0.2) is 4.98 Å². The Morgan fingerprint density at radius 2 is 1.72 bits per heavy atom. The average molecular weight is 390 g/mol. The van der Waals surface area contributed by atoms with Gasteiger partial charge >= 0.3 is 0 Å². The summed E-state index contributed by atoms with van der Waals surface area (Å²) in [6.45, 7) is 6.29. The molecule has 1 aromatic heterocycles. The number of anilines is 4. The van der Waals surface area contributed by atoms with Crippen molar-refractivity contribution in [3.05, 3.63) is 42.1 Å². The second-order valence-electron chi connectivity index (χ2n) is 7.59. The van der Waals surface area contributed by atoms with Crippen LogP contribution in [0.5, 0.6) is 0 Å². The minimum Gasteiger partial charge on any atom is -0.369 e. The minimum atomic E-state index is 0.577. The second-order valence-corrected chi connectivity index (χ2v) is 7.59. The van der Waals surface area contributed by atoms with E-state index in [2.05, 4.69) is 56.3 Å². The maximum atomic E-state index is 8.85. The van der Waals surface area contributed by atoms with Crippen molar-refractivity contribution in [3.63, 3.8) is 0 Å². The fourth-order valence-corrected chi connectivity index (χ4v) is 3.82. The van der Waals surface area contributed by atoms with Crippen LogP contribution < -0.4 is 15.1 Å². The molecule has 0 spiro atoms. The van der Waals surface area contributed by atoms with Gasteiger partial charge in [-0.15, -0.1) is 0 Å². The molecule has 0 radical (unpaired) electrons.